The Morgan fingerprint density at radius 3 is 2.57 bits per heavy atom. The van der Waals surface area contributed by atoms with Crippen LogP contribution in [0.3, 0.4) is 0 Å². The maximum absolute atomic E-state index is 12.2. The van der Waals surface area contributed by atoms with E-state index in [-0.39, 0.29) is 18.3 Å². The maximum atomic E-state index is 12.2. The van der Waals surface area contributed by atoms with Crippen molar-refractivity contribution in [2.24, 2.45) is 5.73 Å². The van der Waals surface area contributed by atoms with Crippen LogP contribution in [0.4, 0.5) is 0 Å². The molecule has 3 nitrogen and oxygen atoms in total. The van der Waals surface area contributed by atoms with Gasteiger partial charge in [-0.05, 0) is 30.9 Å². The first-order chi connectivity index (χ1) is 9.53. The summed E-state index contributed by atoms with van der Waals surface area (Å²) in [6, 6.07) is 5.53. The number of hydrogen-bond donors (Lipinski definition) is 2. The molecule has 0 aromatic heterocycles. The number of carbonyl (C=O) groups is 1. The lowest BCUT2D eigenvalue weighted by Crippen LogP contribution is -2.55. The molecule has 3 N–H and O–H groups in total. The number of rotatable bonds is 4. The Hall–Kier alpha value is -0.480. The van der Waals surface area contributed by atoms with Crippen molar-refractivity contribution in [1.29, 1.82) is 0 Å². The minimum Gasteiger partial charge on any atom is -0.354 e. The van der Waals surface area contributed by atoms with Gasteiger partial charge in [-0.15, -0.1) is 12.4 Å². The second-order valence-electron chi connectivity index (χ2n) is 5.44. The first-order valence-electron chi connectivity index (χ1n) is 7.03. The number of hydrogen-bond acceptors (Lipinski definition) is 2. The fourth-order valence-corrected chi connectivity index (χ4v) is 3.05. The Kier molecular flexibility index (Phi) is 7.28. The lowest BCUT2D eigenvalue weighted by atomic mass is 9.82. The van der Waals surface area contributed by atoms with Gasteiger partial charge in [0, 0.05) is 6.54 Å². The highest BCUT2D eigenvalue weighted by Crippen LogP contribution is 2.27. The quantitative estimate of drug-likeness (QED) is 0.868. The normalized spacial score (nSPS) is 16.9. The Labute approximate surface area is 142 Å². The van der Waals surface area contributed by atoms with Crippen LogP contribution in [0.25, 0.3) is 0 Å². The van der Waals surface area contributed by atoms with Crippen molar-refractivity contribution in [2.45, 2.75) is 44.1 Å². The smallest absolute Gasteiger partial charge is 0.240 e. The molecule has 1 aromatic carbocycles. The van der Waals surface area contributed by atoms with Crippen LogP contribution in [0, 0.1) is 0 Å². The summed E-state index contributed by atoms with van der Waals surface area (Å²) in [4.78, 5) is 12.2. The molecule has 0 aliphatic heterocycles. The molecule has 0 saturated heterocycles. The number of nitrogens with one attached hydrogen (secondary N) is 1. The average molecular weight is 352 g/mol. The summed E-state index contributed by atoms with van der Waals surface area (Å²) in [6.07, 6.45) is 5.44. The summed E-state index contributed by atoms with van der Waals surface area (Å²) in [5.74, 6) is -0.0460. The van der Waals surface area contributed by atoms with Crippen molar-refractivity contribution in [2.75, 3.05) is 6.54 Å². The summed E-state index contributed by atoms with van der Waals surface area (Å²) in [5, 5.41) is 4.02. The molecule has 21 heavy (non-hydrogen) atoms. The molecule has 0 radical (unpaired) electrons. The molecule has 0 atom stereocenters. The molecule has 0 spiro atoms. The van der Waals surface area contributed by atoms with Gasteiger partial charge in [-0.25, -0.2) is 0 Å². The van der Waals surface area contributed by atoms with Gasteiger partial charge < -0.3 is 11.1 Å². The van der Waals surface area contributed by atoms with Crippen molar-refractivity contribution < 1.29 is 4.79 Å². The number of halogens is 3. The van der Waals surface area contributed by atoms with Gasteiger partial charge in [0.05, 0.1) is 15.6 Å². The third-order valence-electron chi connectivity index (χ3n) is 3.91. The molecule has 0 unspecified atom stereocenters. The Morgan fingerprint density at radius 2 is 1.90 bits per heavy atom. The van der Waals surface area contributed by atoms with Crippen LogP contribution in [-0.2, 0) is 11.2 Å². The summed E-state index contributed by atoms with van der Waals surface area (Å²) < 4.78 is 0. The molecule has 1 aromatic rings. The van der Waals surface area contributed by atoms with Gasteiger partial charge in [-0.1, -0.05) is 54.6 Å². The molecule has 1 saturated carbocycles. The van der Waals surface area contributed by atoms with Crippen molar-refractivity contribution in [1.82, 2.24) is 5.32 Å². The molecule has 1 aliphatic rings. The van der Waals surface area contributed by atoms with Crippen LogP contribution in [-0.4, -0.2) is 18.0 Å². The van der Waals surface area contributed by atoms with E-state index in [1.165, 1.54) is 6.42 Å². The van der Waals surface area contributed by atoms with E-state index in [1.807, 2.05) is 12.1 Å². The molecule has 1 amide bonds. The zero-order chi connectivity index (χ0) is 14.6. The third-order valence-corrected chi connectivity index (χ3v) is 4.77. The van der Waals surface area contributed by atoms with Gasteiger partial charge >= 0.3 is 0 Å². The lowest BCUT2D eigenvalue weighted by Gasteiger charge is -2.31. The predicted octanol–water partition coefficient (Wildman–Crippen LogP) is 3.74. The van der Waals surface area contributed by atoms with E-state index in [9.17, 15) is 4.79 Å². The van der Waals surface area contributed by atoms with Crippen LogP contribution in [0.1, 0.15) is 37.7 Å². The molecule has 1 aliphatic carbocycles. The van der Waals surface area contributed by atoms with E-state index < -0.39 is 5.54 Å². The zero-order valence-electron chi connectivity index (χ0n) is 11.8. The average Bonchev–Trinajstić information content (AvgIpc) is 2.44. The van der Waals surface area contributed by atoms with Crippen LogP contribution in [0.15, 0.2) is 18.2 Å². The number of nitrogens with two attached hydrogens (primary N) is 1. The van der Waals surface area contributed by atoms with E-state index in [1.54, 1.807) is 6.07 Å². The van der Waals surface area contributed by atoms with Crippen LogP contribution in [0.2, 0.25) is 10.0 Å². The topological polar surface area (TPSA) is 55.1 Å². The fraction of sp³-hybridized carbons (Fsp3) is 0.533. The van der Waals surface area contributed by atoms with Gasteiger partial charge in [0.2, 0.25) is 5.91 Å². The second kappa shape index (κ2) is 8.23. The third kappa shape index (κ3) is 4.75. The van der Waals surface area contributed by atoms with E-state index in [0.717, 1.165) is 31.2 Å². The van der Waals surface area contributed by atoms with Crippen molar-refractivity contribution in [3.63, 3.8) is 0 Å². The fourth-order valence-electron chi connectivity index (χ4n) is 2.64. The van der Waals surface area contributed by atoms with Crippen LogP contribution < -0.4 is 11.1 Å². The molecular formula is C15H21Cl3N2O. The lowest BCUT2D eigenvalue weighted by molar-refractivity contribution is -0.127. The molecular weight excluding hydrogens is 331 g/mol. The molecule has 2 rings (SSSR count). The van der Waals surface area contributed by atoms with Gasteiger partial charge in [0.15, 0.2) is 0 Å². The van der Waals surface area contributed by atoms with Gasteiger partial charge in [0.1, 0.15) is 0 Å². The van der Waals surface area contributed by atoms with E-state index >= 15 is 0 Å². The first-order valence-corrected chi connectivity index (χ1v) is 7.78. The standard InChI is InChI=1S/C15H20Cl2N2O.ClH/c16-12-6-4-5-11(13(12)17)7-10-19-14(20)15(18)8-2-1-3-9-15;/h4-6H,1-3,7-10,18H2,(H,19,20);1H. The minimum absolute atomic E-state index is 0. The number of carbonyl (C=O) groups excluding carboxylic acids is 1. The summed E-state index contributed by atoms with van der Waals surface area (Å²) >= 11 is 12.1. The molecule has 0 bridgehead atoms. The molecule has 0 heterocycles. The monoisotopic (exact) mass is 350 g/mol. The highest BCUT2D eigenvalue weighted by molar-refractivity contribution is 6.42. The summed E-state index contributed by atoms with van der Waals surface area (Å²) in [7, 11) is 0. The largest absolute Gasteiger partial charge is 0.354 e. The van der Waals surface area contributed by atoms with E-state index in [2.05, 4.69) is 5.32 Å². The van der Waals surface area contributed by atoms with Crippen molar-refractivity contribution >= 4 is 41.5 Å². The van der Waals surface area contributed by atoms with Crippen LogP contribution in [0.5, 0.6) is 0 Å². The zero-order valence-corrected chi connectivity index (χ0v) is 14.2. The molecule has 118 valence electrons. The van der Waals surface area contributed by atoms with Gasteiger partial charge in [0.25, 0.3) is 0 Å². The summed E-state index contributed by atoms with van der Waals surface area (Å²) in [5.41, 5.74) is 6.43. The Balaban J connectivity index is 0.00000220. The van der Waals surface area contributed by atoms with Crippen molar-refractivity contribution in [3.05, 3.63) is 33.8 Å². The van der Waals surface area contributed by atoms with Gasteiger partial charge in [-0.2, -0.15) is 0 Å². The molecule has 1 fully saturated rings. The number of benzene rings is 1. The van der Waals surface area contributed by atoms with Crippen molar-refractivity contribution in [3.8, 4) is 0 Å². The Bertz CT molecular complexity index is 488. The Morgan fingerprint density at radius 1 is 1.24 bits per heavy atom. The maximum Gasteiger partial charge on any atom is 0.240 e. The van der Waals surface area contributed by atoms with Gasteiger partial charge in [-0.3, -0.25) is 4.79 Å². The van der Waals surface area contributed by atoms with E-state index in [4.69, 9.17) is 28.9 Å². The SMILES string of the molecule is Cl.NC1(C(=O)NCCc2cccc(Cl)c2Cl)CCCCC1. The second-order valence-corrected chi connectivity index (χ2v) is 6.22. The highest BCUT2D eigenvalue weighted by atomic mass is 35.5. The summed E-state index contributed by atoms with van der Waals surface area (Å²) in [6.45, 7) is 0.526. The highest BCUT2D eigenvalue weighted by Gasteiger charge is 2.34. The molecule has 6 heteroatoms. The van der Waals surface area contributed by atoms with E-state index in [0.29, 0.717) is 23.0 Å². The van der Waals surface area contributed by atoms with Crippen LogP contribution >= 0.6 is 35.6 Å². The number of amides is 1. The first kappa shape index (κ1) is 18.6. The minimum atomic E-state index is -0.684. The predicted molar refractivity (Wildman–Crippen MR) is 90.4 cm³/mol.